The normalized spacial score (nSPS) is 20.2. The fourth-order valence-corrected chi connectivity index (χ4v) is 6.66. The number of ether oxygens (including phenoxy) is 1. The van der Waals surface area contributed by atoms with E-state index in [0.29, 0.717) is 31.2 Å². The first-order chi connectivity index (χ1) is 19.0. The van der Waals surface area contributed by atoms with Crippen molar-refractivity contribution in [2.75, 3.05) is 56.7 Å². The molecule has 0 radical (unpaired) electrons. The number of hydrogen-bond acceptors (Lipinski definition) is 8. The lowest BCUT2D eigenvalue weighted by Gasteiger charge is -2.38. The Morgan fingerprint density at radius 3 is 2.62 bits per heavy atom. The summed E-state index contributed by atoms with van der Waals surface area (Å²) >= 11 is 6.69. The number of rotatable bonds is 6. The number of nitrogens with zero attached hydrogens (tertiary/aromatic N) is 7. The third-order valence-corrected chi connectivity index (χ3v) is 9.07. The zero-order chi connectivity index (χ0) is 26.9. The molecule has 9 heteroatoms. The predicted octanol–water partition coefficient (Wildman–Crippen LogP) is 4.70. The van der Waals surface area contributed by atoms with E-state index in [1.807, 2.05) is 17.0 Å². The van der Waals surface area contributed by atoms with Gasteiger partial charge in [0, 0.05) is 55.4 Å². The molecule has 6 rings (SSSR count). The van der Waals surface area contributed by atoms with Gasteiger partial charge in [0.15, 0.2) is 6.19 Å². The number of aromatic nitrogens is 2. The van der Waals surface area contributed by atoms with Gasteiger partial charge in [-0.25, -0.2) is 0 Å². The first-order valence-corrected chi connectivity index (χ1v) is 14.4. The predicted molar refractivity (Wildman–Crippen MR) is 156 cm³/mol. The third kappa shape index (κ3) is 5.18. The average molecular weight is 546 g/mol. The largest absolute Gasteiger partial charge is 0.462 e. The SMILES string of the molecule is CN(c1nc(OC[C@@H]2CCCN2C)nc2c1CCN(c1cccc3cccc(Cl)c13)C2)C1CCN(C#N)CC1. The van der Waals surface area contributed by atoms with Gasteiger partial charge in [-0.1, -0.05) is 35.9 Å². The second-order valence-corrected chi connectivity index (χ2v) is 11.5. The Labute approximate surface area is 235 Å². The zero-order valence-corrected chi connectivity index (χ0v) is 23.6. The summed E-state index contributed by atoms with van der Waals surface area (Å²) in [5.41, 5.74) is 3.36. The van der Waals surface area contributed by atoms with Crippen molar-refractivity contribution in [3.63, 3.8) is 0 Å². The van der Waals surface area contributed by atoms with Crippen molar-refractivity contribution in [3.8, 4) is 12.2 Å². The zero-order valence-electron chi connectivity index (χ0n) is 22.8. The summed E-state index contributed by atoms with van der Waals surface area (Å²) in [6, 6.07) is 13.6. The summed E-state index contributed by atoms with van der Waals surface area (Å²) in [6.45, 7) is 4.81. The Morgan fingerprint density at radius 1 is 1.08 bits per heavy atom. The van der Waals surface area contributed by atoms with E-state index in [9.17, 15) is 5.26 Å². The van der Waals surface area contributed by atoms with Crippen molar-refractivity contribution < 1.29 is 4.74 Å². The van der Waals surface area contributed by atoms with Crippen LogP contribution in [0.25, 0.3) is 10.8 Å². The molecule has 2 fully saturated rings. The number of likely N-dealkylation sites (N-methyl/N-ethyl adjacent to an activating group) is 1. The van der Waals surface area contributed by atoms with Crippen LogP contribution in [0.15, 0.2) is 36.4 Å². The van der Waals surface area contributed by atoms with Gasteiger partial charge in [-0.05, 0) is 63.2 Å². The highest BCUT2D eigenvalue weighted by molar-refractivity contribution is 6.36. The van der Waals surface area contributed by atoms with Crippen LogP contribution in [0.2, 0.25) is 5.02 Å². The minimum absolute atomic E-state index is 0.331. The molecular formula is C30H36ClN7O. The Kier molecular flexibility index (Phi) is 7.37. The van der Waals surface area contributed by atoms with E-state index in [-0.39, 0.29) is 0 Å². The quantitative estimate of drug-likeness (QED) is 0.413. The number of hydrogen-bond donors (Lipinski definition) is 0. The molecule has 0 spiro atoms. The van der Waals surface area contributed by atoms with Gasteiger partial charge in [-0.2, -0.15) is 15.2 Å². The van der Waals surface area contributed by atoms with Gasteiger partial charge in [0.05, 0.1) is 17.3 Å². The number of piperidine rings is 1. The number of nitriles is 1. The van der Waals surface area contributed by atoms with Gasteiger partial charge in [0.2, 0.25) is 0 Å². The molecule has 4 heterocycles. The van der Waals surface area contributed by atoms with Crippen LogP contribution < -0.4 is 14.5 Å². The van der Waals surface area contributed by atoms with Crippen LogP contribution in [0.5, 0.6) is 6.01 Å². The minimum Gasteiger partial charge on any atom is -0.462 e. The number of anilines is 2. The van der Waals surface area contributed by atoms with Crippen molar-refractivity contribution in [1.82, 2.24) is 19.8 Å². The number of fused-ring (bicyclic) bond motifs is 2. The van der Waals surface area contributed by atoms with E-state index >= 15 is 0 Å². The number of benzene rings is 2. The molecule has 3 aromatic rings. The molecule has 3 aliphatic rings. The highest BCUT2D eigenvalue weighted by Gasteiger charge is 2.30. The molecule has 39 heavy (non-hydrogen) atoms. The van der Waals surface area contributed by atoms with Crippen LogP contribution in [0.3, 0.4) is 0 Å². The van der Waals surface area contributed by atoms with E-state index in [4.69, 9.17) is 26.3 Å². The lowest BCUT2D eigenvalue weighted by molar-refractivity contribution is 0.187. The maximum Gasteiger partial charge on any atom is 0.318 e. The van der Waals surface area contributed by atoms with Gasteiger partial charge in [-0.3, -0.25) is 0 Å². The van der Waals surface area contributed by atoms with E-state index < -0.39 is 0 Å². The Bertz CT molecular complexity index is 1380. The van der Waals surface area contributed by atoms with Gasteiger partial charge in [0.25, 0.3) is 0 Å². The van der Waals surface area contributed by atoms with Crippen molar-refractivity contribution >= 4 is 33.9 Å². The maximum atomic E-state index is 9.31. The average Bonchev–Trinajstić information content (AvgIpc) is 3.39. The van der Waals surface area contributed by atoms with Crippen molar-refractivity contribution in [3.05, 3.63) is 52.7 Å². The van der Waals surface area contributed by atoms with Crippen LogP contribution >= 0.6 is 11.6 Å². The van der Waals surface area contributed by atoms with Gasteiger partial charge in [0.1, 0.15) is 12.4 Å². The first kappa shape index (κ1) is 26.0. The third-order valence-electron chi connectivity index (χ3n) is 8.76. The first-order valence-electron chi connectivity index (χ1n) is 14.0. The van der Waals surface area contributed by atoms with Crippen molar-refractivity contribution in [2.45, 2.75) is 50.7 Å². The molecule has 0 N–H and O–H groups in total. The van der Waals surface area contributed by atoms with Gasteiger partial charge in [-0.15, -0.1) is 0 Å². The Hall–Kier alpha value is -3.28. The van der Waals surface area contributed by atoms with Crippen molar-refractivity contribution in [1.29, 1.82) is 5.26 Å². The monoisotopic (exact) mass is 545 g/mol. The molecule has 0 saturated carbocycles. The van der Waals surface area contributed by atoms with Crippen LogP contribution in [0.1, 0.15) is 36.9 Å². The van der Waals surface area contributed by atoms with Crippen LogP contribution in [0, 0.1) is 11.5 Å². The maximum absolute atomic E-state index is 9.31. The summed E-state index contributed by atoms with van der Waals surface area (Å²) in [5.74, 6) is 0.973. The minimum atomic E-state index is 0.331. The van der Waals surface area contributed by atoms with E-state index in [1.54, 1.807) is 0 Å². The van der Waals surface area contributed by atoms with Crippen LogP contribution in [-0.2, 0) is 13.0 Å². The lowest BCUT2D eigenvalue weighted by Crippen LogP contribution is -2.43. The molecule has 2 saturated heterocycles. The molecule has 1 atom stereocenters. The van der Waals surface area contributed by atoms with E-state index in [2.05, 4.69) is 59.3 Å². The number of likely N-dealkylation sites (tertiary alicyclic amines) is 2. The molecular weight excluding hydrogens is 510 g/mol. The molecule has 2 aromatic carbocycles. The van der Waals surface area contributed by atoms with E-state index in [0.717, 1.165) is 84.9 Å². The number of halogens is 1. The Balaban J connectivity index is 1.32. The lowest BCUT2D eigenvalue weighted by atomic mass is 10.00. The highest BCUT2D eigenvalue weighted by Crippen LogP contribution is 2.37. The molecule has 8 nitrogen and oxygen atoms in total. The van der Waals surface area contributed by atoms with Crippen LogP contribution in [-0.4, -0.2) is 78.7 Å². The standard InChI is InChI=1S/C30H36ClN7O/c1-35-14-5-8-23(35)19-39-30-33-26-18-38(27-10-4-7-21-6-3-9-25(31)28(21)27)17-13-24(26)29(34-30)36(2)22-11-15-37(20-32)16-12-22/h3-4,6-7,9-10,22-23H,5,8,11-19H2,1-2H3/t23-/m0/s1. The molecule has 1 aromatic heterocycles. The fraction of sp³-hybridized carbons (Fsp3) is 0.500. The Morgan fingerprint density at radius 2 is 1.87 bits per heavy atom. The molecule has 0 amide bonds. The smallest absolute Gasteiger partial charge is 0.318 e. The summed E-state index contributed by atoms with van der Waals surface area (Å²) in [5, 5.41) is 12.3. The van der Waals surface area contributed by atoms with Gasteiger partial charge >= 0.3 is 6.01 Å². The summed E-state index contributed by atoms with van der Waals surface area (Å²) < 4.78 is 6.29. The molecule has 0 aliphatic carbocycles. The van der Waals surface area contributed by atoms with Crippen LogP contribution in [0.4, 0.5) is 11.5 Å². The summed E-state index contributed by atoms with van der Waals surface area (Å²) in [7, 11) is 4.30. The van der Waals surface area contributed by atoms with Crippen molar-refractivity contribution in [2.24, 2.45) is 0 Å². The second kappa shape index (κ2) is 11.1. The topological polar surface area (TPSA) is 71.8 Å². The van der Waals surface area contributed by atoms with Gasteiger partial charge < -0.3 is 24.3 Å². The fourth-order valence-electron chi connectivity index (χ4n) is 6.38. The summed E-state index contributed by atoms with van der Waals surface area (Å²) in [6.07, 6.45) is 7.36. The molecule has 3 aliphatic heterocycles. The second-order valence-electron chi connectivity index (χ2n) is 11.1. The highest BCUT2D eigenvalue weighted by atomic mass is 35.5. The van der Waals surface area contributed by atoms with E-state index in [1.165, 1.54) is 12.0 Å². The molecule has 0 bridgehead atoms. The molecule has 204 valence electrons. The summed E-state index contributed by atoms with van der Waals surface area (Å²) in [4.78, 5) is 18.9. The molecule has 0 unspecified atom stereocenters.